The van der Waals surface area contributed by atoms with E-state index in [1.165, 1.54) is 24.4 Å². The van der Waals surface area contributed by atoms with E-state index in [4.69, 9.17) is 10.5 Å². The van der Waals surface area contributed by atoms with Gasteiger partial charge in [-0.25, -0.2) is 9.97 Å². The number of halogens is 3. The molecule has 26 heavy (non-hydrogen) atoms. The molecule has 3 N–H and O–H groups in total. The van der Waals surface area contributed by atoms with Crippen LogP contribution in [-0.2, 0) is 4.74 Å². The van der Waals surface area contributed by atoms with E-state index >= 15 is 0 Å². The van der Waals surface area contributed by atoms with Crippen LogP contribution in [0.2, 0.25) is 0 Å². The van der Waals surface area contributed by atoms with Crippen LogP contribution in [0, 0.1) is 5.92 Å². The molecule has 6 nitrogen and oxygen atoms in total. The first-order valence-electron chi connectivity index (χ1n) is 8.21. The van der Waals surface area contributed by atoms with Crippen LogP contribution in [0.4, 0.5) is 24.8 Å². The van der Waals surface area contributed by atoms with Crippen molar-refractivity contribution in [2.45, 2.75) is 19.2 Å². The minimum absolute atomic E-state index is 0.239. The fourth-order valence-electron chi connectivity index (χ4n) is 2.71. The van der Waals surface area contributed by atoms with Gasteiger partial charge in [0.25, 0.3) is 0 Å². The third-order valence-corrected chi connectivity index (χ3v) is 4.06. The second-order valence-electron chi connectivity index (χ2n) is 6.00. The Morgan fingerprint density at radius 3 is 2.77 bits per heavy atom. The van der Waals surface area contributed by atoms with E-state index in [9.17, 15) is 13.2 Å². The smallest absolute Gasteiger partial charge is 0.406 e. The molecular formula is C17H19F3N4O2. The Bertz CT molecular complexity index is 749. The van der Waals surface area contributed by atoms with Crippen molar-refractivity contribution < 1.29 is 22.6 Å². The van der Waals surface area contributed by atoms with Gasteiger partial charge in [-0.15, -0.1) is 13.2 Å². The van der Waals surface area contributed by atoms with Crippen LogP contribution in [0.5, 0.6) is 5.75 Å². The molecule has 1 fully saturated rings. The number of hydrogen-bond donors (Lipinski definition) is 2. The summed E-state index contributed by atoms with van der Waals surface area (Å²) in [5, 5.41) is 3.18. The third kappa shape index (κ3) is 4.98. The highest BCUT2D eigenvalue weighted by Gasteiger charge is 2.31. The number of alkyl halides is 3. The lowest BCUT2D eigenvalue weighted by Crippen LogP contribution is -2.23. The molecule has 1 aromatic carbocycles. The number of nitrogen functional groups attached to an aromatic ring is 1. The maximum absolute atomic E-state index is 12.4. The summed E-state index contributed by atoms with van der Waals surface area (Å²) in [6.45, 7) is 2.15. The first-order chi connectivity index (χ1) is 12.4. The highest BCUT2D eigenvalue weighted by molar-refractivity contribution is 5.66. The standard InChI is InChI=1S/C17H19F3N4O2/c18-17(19,20)26-13-3-1-2-12(8-13)14-10-22-15(21)16(24-14)23-9-11-4-6-25-7-5-11/h1-3,8,10-11H,4-7,9H2,(H2,21,22)(H,23,24). The van der Waals surface area contributed by atoms with Gasteiger partial charge in [0.15, 0.2) is 11.6 Å². The number of ether oxygens (including phenoxy) is 2. The molecule has 0 amide bonds. The van der Waals surface area contributed by atoms with Crippen molar-refractivity contribution in [3.63, 3.8) is 0 Å². The van der Waals surface area contributed by atoms with Crippen molar-refractivity contribution in [1.82, 2.24) is 9.97 Å². The van der Waals surface area contributed by atoms with Crippen molar-refractivity contribution in [3.05, 3.63) is 30.5 Å². The average Bonchev–Trinajstić information content (AvgIpc) is 2.61. The van der Waals surface area contributed by atoms with Crippen molar-refractivity contribution in [2.75, 3.05) is 30.8 Å². The number of hydrogen-bond acceptors (Lipinski definition) is 6. The number of anilines is 2. The van der Waals surface area contributed by atoms with E-state index in [1.54, 1.807) is 6.07 Å². The molecule has 1 aliphatic rings. The summed E-state index contributed by atoms with van der Waals surface area (Å²) in [7, 11) is 0. The SMILES string of the molecule is Nc1ncc(-c2cccc(OC(F)(F)F)c2)nc1NCC1CCOCC1. The van der Waals surface area contributed by atoms with Gasteiger partial charge in [0.05, 0.1) is 11.9 Å². The lowest BCUT2D eigenvalue weighted by Gasteiger charge is -2.22. The lowest BCUT2D eigenvalue weighted by atomic mass is 10.0. The Balaban J connectivity index is 1.75. The highest BCUT2D eigenvalue weighted by Crippen LogP contribution is 2.28. The van der Waals surface area contributed by atoms with Crippen LogP contribution in [0.15, 0.2) is 30.5 Å². The van der Waals surface area contributed by atoms with Crippen LogP contribution in [0.1, 0.15) is 12.8 Å². The van der Waals surface area contributed by atoms with Crippen LogP contribution >= 0.6 is 0 Å². The van der Waals surface area contributed by atoms with Gasteiger partial charge in [-0.2, -0.15) is 0 Å². The third-order valence-electron chi connectivity index (χ3n) is 4.06. The zero-order chi connectivity index (χ0) is 18.6. The quantitative estimate of drug-likeness (QED) is 0.841. The Labute approximate surface area is 148 Å². The second kappa shape index (κ2) is 7.77. The molecule has 2 heterocycles. The number of benzene rings is 1. The molecule has 140 valence electrons. The van der Waals surface area contributed by atoms with Gasteiger partial charge in [0, 0.05) is 25.3 Å². The average molecular weight is 368 g/mol. The number of nitrogens with two attached hydrogens (primary N) is 1. The summed E-state index contributed by atoms with van der Waals surface area (Å²) in [5.41, 5.74) is 6.72. The van der Waals surface area contributed by atoms with Gasteiger partial charge < -0.3 is 20.5 Å². The van der Waals surface area contributed by atoms with Crippen molar-refractivity contribution in [2.24, 2.45) is 5.92 Å². The molecule has 1 aliphatic heterocycles. The first kappa shape index (κ1) is 18.2. The van der Waals surface area contributed by atoms with Crippen molar-refractivity contribution >= 4 is 11.6 Å². The monoisotopic (exact) mass is 368 g/mol. The van der Waals surface area contributed by atoms with E-state index in [1.807, 2.05) is 0 Å². The fraction of sp³-hybridized carbons (Fsp3) is 0.412. The number of aromatic nitrogens is 2. The molecule has 2 aromatic rings. The molecule has 0 unspecified atom stereocenters. The summed E-state index contributed by atoms with van der Waals surface area (Å²) in [4.78, 5) is 8.49. The molecule has 3 rings (SSSR count). The topological polar surface area (TPSA) is 82.3 Å². The van der Waals surface area contributed by atoms with Crippen LogP contribution in [0.25, 0.3) is 11.3 Å². The minimum Gasteiger partial charge on any atom is -0.406 e. The van der Waals surface area contributed by atoms with Crippen molar-refractivity contribution in [1.29, 1.82) is 0 Å². The van der Waals surface area contributed by atoms with Gasteiger partial charge in [0.2, 0.25) is 0 Å². The molecule has 0 atom stereocenters. The van der Waals surface area contributed by atoms with Gasteiger partial charge in [-0.05, 0) is 30.9 Å². The summed E-state index contributed by atoms with van der Waals surface area (Å²) in [5.74, 6) is 0.794. The Kier molecular flexibility index (Phi) is 5.46. The van der Waals surface area contributed by atoms with E-state index in [-0.39, 0.29) is 11.6 Å². The molecule has 1 saturated heterocycles. The summed E-state index contributed by atoms with van der Waals surface area (Å²) >= 11 is 0. The zero-order valence-corrected chi connectivity index (χ0v) is 13.9. The number of nitrogens with one attached hydrogen (secondary N) is 1. The molecule has 0 aliphatic carbocycles. The molecule has 0 radical (unpaired) electrons. The van der Waals surface area contributed by atoms with Crippen molar-refractivity contribution in [3.8, 4) is 17.0 Å². The van der Waals surface area contributed by atoms with Gasteiger partial charge in [-0.3, -0.25) is 0 Å². The van der Waals surface area contributed by atoms with Crippen LogP contribution in [0.3, 0.4) is 0 Å². The predicted octanol–water partition coefficient (Wildman–Crippen LogP) is 3.46. The highest BCUT2D eigenvalue weighted by atomic mass is 19.4. The van der Waals surface area contributed by atoms with Gasteiger partial charge in [-0.1, -0.05) is 12.1 Å². The number of nitrogens with zero attached hydrogens (tertiary/aromatic N) is 2. The van der Waals surface area contributed by atoms with E-state index in [0.29, 0.717) is 29.5 Å². The summed E-state index contributed by atoms with van der Waals surface area (Å²) in [6.07, 6.45) is -1.42. The van der Waals surface area contributed by atoms with E-state index in [2.05, 4.69) is 20.0 Å². The van der Waals surface area contributed by atoms with Crippen LogP contribution in [-0.4, -0.2) is 36.1 Å². The summed E-state index contributed by atoms with van der Waals surface area (Å²) < 4.78 is 46.4. The fourth-order valence-corrected chi connectivity index (χ4v) is 2.71. The molecule has 0 saturated carbocycles. The van der Waals surface area contributed by atoms with Gasteiger partial charge in [0.1, 0.15) is 5.75 Å². The number of rotatable bonds is 5. The van der Waals surface area contributed by atoms with Crippen LogP contribution < -0.4 is 15.8 Å². The predicted molar refractivity (Wildman–Crippen MR) is 90.6 cm³/mol. The molecular weight excluding hydrogens is 349 g/mol. The molecule has 0 spiro atoms. The second-order valence-corrected chi connectivity index (χ2v) is 6.00. The van der Waals surface area contributed by atoms with Gasteiger partial charge >= 0.3 is 6.36 Å². The maximum atomic E-state index is 12.4. The Morgan fingerprint density at radius 1 is 1.27 bits per heavy atom. The Morgan fingerprint density at radius 2 is 2.04 bits per heavy atom. The zero-order valence-electron chi connectivity index (χ0n) is 13.9. The largest absolute Gasteiger partial charge is 0.573 e. The Hall–Kier alpha value is -2.55. The minimum atomic E-state index is -4.75. The molecule has 9 heteroatoms. The molecule has 0 bridgehead atoms. The first-order valence-corrected chi connectivity index (χ1v) is 8.21. The summed E-state index contributed by atoms with van der Waals surface area (Å²) in [6, 6.07) is 5.58. The molecule has 1 aromatic heterocycles. The normalized spacial score (nSPS) is 15.7. The van der Waals surface area contributed by atoms with E-state index < -0.39 is 6.36 Å². The van der Waals surface area contributed by atoms with E-state index in [0.717, 1.165) is 26.1 Å². The maximum Gasteiger partial charge on any atom is 0.573 e. The lowest BCUT2D eigenvalue weighted by molar-refractivity contribution is -0.274.